The van der Waals surface area contributed by atoms with Gasteiger partial charge in [0.05, 0.1) is 31.3 Å². The molecule has 3 heterocycles. The number of rotatable bonds is 7. The van der Waals surface area contributed by atoms with Crippen LogP contribution in [-0.2, 0) is 17.9 Å². The maximum absolute atomic E-state index is 13.0. The lowest BCUT2D eigenvalue weighted by Crippen LogP contribution is -2.36. The topological polar surface area (TPSA) is 62.6 Å². The average Bonchev–Trinajstić information content (AvgIpc) is 2.77. The van der Waals surface area contributed by atoms with Gasteiger partial charge < -0.3 is 14.2 Å². The second-order valence-electron chi connectivity index (χ2n) is 8.01. The molecule has 1 aliphatic rings. The van der Waals surface area contributed by atoms with Gasteiger partial charge in [-0.2, -0.15) is 0 Å². The van der Waals surface area contributed by atoms with Crippen molar-refractivity contribution in [3.63, 3.8) is 0 Å². The number of aryl methyl sites for hydroxylation is 2. The quantitative estimate of drug-likeness (QED) is 0.527. The molecular formula is C25H28N2O4. The molecule has 6 nitrogen and oxygen atoms in total. The van der Waals surface area contributed by atoms with Gasteiger partial charge in [0.2, 0.25) is 0 Å². The lowest BCUT2D eigenvalue weighted by molar-refractivity contribution is 0.0566. The van der Waals surface area contributed by atoms with E-state index in [4.69, 9.17) is 14.2 Å². The van der Waals surface area contributed by atoms with Gasteiger partial charge in [0.15, 0.2) is 0 Å². The number of benzene rings is 1. The number of aromatic nitrogens is 2. The highest BCUT2D eigenvalue weighted by molar-refractivity contribution is 5.87. The third-order valence-corrected chi connectivity index (χ3v) is 5.66. The fourth-order valence-corrected chi connectivity index (χ4v) is 3.81. The second-order valence-corrected chi connectivity index (χ2v) is 8.01. The van der Waals surface area contributed by atoms with Crippen LogP contribution < -0.4 is 15.0 Å². The number of pyridine rings is 2. The number of methoxy groups -OCH3 is 1. The van der Waals surface area contributed by atoms with Gasteiger partial charge in [0, 0.05) is 18.7 Å². The number of hydrogen-bond donors (Lipinski definition) is 0. The molecule has 0 amide bonds. The zero-order valence-electron chi connectivity index (χ0n) is 18.5. The fraction of sp³-hybridized carbons (Fsp3) is 0.360. The van der Waals surface area contributed by atoms with Crippen molar-refractivity contribution in [1.29, 1.82) is 0 Å². The summed E-state index contributed by atoms with van der Waals surface area (Å²) in [4.78, 5) is 17.6. The van der Waals surface area contributed by atoms with Crippen LogP contribution >= 0.6 is 0 Å². The molecule has 0 N–H and O–H groups in total. The predicted octanol–water partition coefficient (Wildman–Crippen LogP) is 4.50. The molecule has 1 aliphatic heterocycles. The largest absolute Gasteiger partial charge is 0.497 e. The van der Waals surface area contributed by atoms with E-state index in [2.05, 4.69) is 4.98 Å². The van der Waals surface area contributed by atoms with Crippen LogP contribution in [0.5, 0.6) is 11.5 Å². The molecule has 3 aromatic rings. The highest BCUT2D eigenvalue weighted by Crippen LogP contribution is 2.36. The van der Waals surface area contributed by atoms with Gasteiger partial charge in [-0.3, -0.25) is 9.36 Å². The molecule has 1 unspecified atom stereocenters. The summed E-state index contributed by atoms with van der Waals surface area (Å²) in [5, 5.41) is 0.858. The molecule has 1 atom stereocenters. The van der Waals surface area contributed by atoms with Gasteiger partial charge in [-0.05, 0) is 62.8 Å². The van der Waals surface area contributed by atoms with E-state index in [9.17, 15) is 4.79 Å². The van der Waals surface area contributed by atoms with Crippen molar-refractivity contribution >= 4 is 17.1 Å². The van der Waals surface area contributed by atoms with Gasteiger partial charge in [0.25, 0.3) is 5.56 Å². The van der Waals surface area contributed by atoms with E-state index in [1.165, 1.54) is 0 Å². The van der Waals surface area contributed by atoms with E-state index in [1.54, 1.807) is 11.7 Å². The average molecular weight is 421 g/mol. The maximum Gasteiger partial charge on any atom is 0.263 e. The zero-order valence-corrected chi connectivity index (χ0v) is 18.5. The van der Waals surface area contributed by atoms with Gasteiger partial charge in [-0.15, -0.1) is 0 Å². The molecule has 0 saturated carbocycles. The van der Waals surface area contributed by atoms with Crippen molar-refractivity contribution in [2.75, 3.05) is 13.7 Å². The van der Waals surface area contributed by atoms with Crippen LogP contribution in [0, 0.1) is 6.92 Å². The van der Waals surface area contributed by atoms with Crippen LogP contribution in [0.15, 0.2) is 47.3 Å². The Morgan fingerprint density at radius 1 is 1.16 bits per heavy atom. The summed E-state index contributed by atoms with van der Waals surface area (Å²) in [7, 11) is 1.65. The van der Waals surface area contributed by atoms with Gasteiger partial charge in [-0.25, -0.2) is 4.98 Å². The van der Waals surface area contributed by atoms with Crippen LogP contribution in [-0.4, -0.2) is 28.9 Å². The minimum absolute atomic E-state index is 0.0721. The van der Waals surface area contributed by atoms with Gasteiger partial charge in [-0.1, -0.05) is 12.1 Å². The van der Waals surface area contributed by atoms with Crippen LogP contribution in [0.3, 0.4) is 0 Å². The summed E-state index contributed by atoms with van der Waals surface area (Å²) >= 11 is 0. The number of nitrogens with zero attached hydrogens (tertiary/aromatic N) is 2. The first kappa shape index (κ1) is 21.1. The van der Waals surface area contributed by atoms with E-state index in [-0.39, 0.29) is 5.56 Å². The third kappa shape index (κ3) is 4.21. The van der Waals surface area contributed by atoms with Gasteiger partial charge in [0.1, 0.15) is 22.7 Å². The Morgan fingerprint density at radius 3 is 2.65 bits per heavy atom. The standard InChI is InChI=1S/C25H28N2O4/c1-5-27-23-20(11-6-17(2)26-23)22-21(24(27)28)12-13-25(3,31-22)14-15-30-16-18-7-9-19(29-4)10-8-18/h6-13H,5,14-16H2,1-4H3. The molecule has 0 fully saturated rings. The number of hydrogen-bond acceptors (Lipinski definition) is 5. The zero-order chi connectivity index (χ0) is 22.0. The molecule has 6 heteroatoms. The Bertz CT molecular complexity index is 1180. The second kappa shape index (κ2) is 8.55. The summed E-state index contributed by atoms with van der Waals surface area (Å²) in [6.07, 6.45) is 4.51. The third-order valence-electron chi connectivity index (χ3n) is 5.66. The van der Waals surface area contributed by atoms with Crippen molar-refractivity contribution in [2.24, 2.45) is 0 Å². The summed E-state index contributed by atoms with van der Waals surface area (Å²) in [6.45, 7) is 7.51. The number of ether oxygens (including phenoxy) is 3. The summed E-state index contributed by atoms with van der Waals surface area (Å²) < 4.78 is 19.2. The van der Waals surface area contributed by atoms with Crippen molar-refractivity contribution in [3.8, 4) is 11.5 Å². The molecule has 0 spiro atoms. The van der Waals surface area contributed by atoms with Crippen LogP contribution in [0.25, 0.3) is 17.1 Å². The molecular weight excluding hydrogens is 392 g/mol. The normalized spacial score (nSPS) is 17.4. The monoisotopic (exact) mass is 420 g/mol. The molecule has 0 saturated heterocycles. The minimum Gasteiger partial charge on any atom is -0.497 e. The minimum atomic E-state index is -0.560. The number of fused-ring (bicyclic) bond motifs is 3. The lowest BCUT2D eigenvalue weighted by Gasteiger charge is -2.32. The molecule has 31 heavy (non-hydrogen) atoms. The molecule has 162 valence electrons. The Balaban J connectivity index is 1.51. The Morgan fingerprint density at radius 2 is 1.94 bits per heavy atom. The first-order valence-electron chi connectivity index (χ1n) is 10.6. The summed E-state index contributed by atoms with van der Waals surface area (Å²) in [6, 6.07) is 11.8. The SMILES string of the molecule is CCn1c(=O)c2c(c3ccc(C)nc31)OC(C)(CCOCc1ccc(OC)cc1)C=C2. The van der Waals surface area contributed by atoms with Crippen LogP contribution in [0.2, 0.25) is 0 Å². The van der Waals surface area contributed by atoms with Crippen molar-refractivity contribution in [1.82, 2.24) is 9.55 Å². The van der Waals surface area contributed by atoms with Crippen LogP contribution in [0.1, 0.15) is 37.1 Å². The Hall–Kier alpha value is -3.12. The van der Waals surface area contributed by atoms with Crippen molar-refractivity contribution in [3.05, 3.63) is 69.6 Å². The van der Waals surface area contributed by atoms with E-state index >= 15 is 0 Å². The van der Waals surface area contributed by atoms with Crippen LogP contribution in [0.4, 0.5) is 0 Å². The highest BCUT2D eigenvalue weighted by atomic mass is 16.5. The summed E-state index contributed by atoms with van der Waals surface area (Å²) in [5.74, 6) is 1.44. The van der Waals surface area contributed by atoms with E-state index in [1.807, 2.05) is 69.3 Å². The Kier molecular flexibility index (Phi) is 5.83. The van der Waals surface area contributed by atoms with Gasteiger partial charge >= 0.3 is 0 Å². The molecule has 4 rings (SSSR count). The Labute approximate surface area is 182 Å². The smallest absolute Gasteiger partial charge is 0.263 e. The molecule has 1 aromatic carbocycles. The predicted molar refractivity (Wildman–Crippen MR) is 122 cm³/mol. The van der Waals surface area contributed by atoms with E-state index < -0.39 is 5.60 Å². The fourth-order valence-electron chi connectivity index (χ4n) is 3.81. The van der Waals surface area contributed by atoms with E-state index in [0.29, 0.717) is 43.1 Å². The van der Waals surface area contributed by atoms with Crippen molar-refractivity contribution < 1.29 is 14.2 Å². The summed E-state index contributed by atoms with van der Waals surface area (Å²) in [5.41, 5.74) is 2.57. The molecule has 2 aromatic heterocycles. The molecule has 0 aliphatic carbocycles. The molecule has 0 radical (unpaired) electrons. The lowest BCUT2D eigenvalue weighted by atomic mass is 9.96. The van der Waals surface area contributed by atoms with Crippen molar-refractivity contribution in [2.45, 2.75) is 45.9 Å². The first-order chi connectivity index (χ1) is 14.9. The van der Waals surface area contributed by atoms with E-state index in [0.717, 1.165) is 22.4 Å². The maximum atomic E-state index is 13.0. The first-order valence-corrected chi connectivity index (χ1v) is 10.6. The highest BCUT2D eigenvalue weighted by Gasteiger charge is 2.31. The molecule has 0 bridgehead atoms.